The molecule has 0 bridgehead atoms. The van der Waals surface area contributed by atoms with Gasteiger partial charge < -0.3 is 0 Å². The Labute approximate surface area is 121 Å². The molecule has 0 amide bonds. The standard InChI is InChI=1S/C18H20N2/c1-4-13(2)8-18-14(3)9-17(12-20-18)16-7-5-6-15(10-16)11-19/h5-7,9-10,12-13H,4,8H2,1-3H3. The van der Waals surface area contributed by atoms with Crippen molar-refractivity contribution in [3.63, 3.8) is 0 Å². The smallest absolute Gasteiger partial charge is 0.0991 e. The van der Waals surface area contributed by atoms with Gasteiger partial charge in [0.25, 0.3) is 0 Å². The van der Waals surface area contributed by atoms with E-state index < -0.39 is 0 Å². The number of rotatable bonds is 4. The summed E-state index contributed by atoms with van der Waals surface area (Å²) in [5, 5.41) is 8.97. The number of hydrogen-bond donors (Lipinski definition) is 0. The highest BCUT2D eigenvalue weighted by atomic mass is 14.7. The minimum Gasteiger partial charge on any atom is -0.260 e. The van der Waals surface area contributed by atoms with Gasteiger partial charge in [0.15, 0.2) is 0 Å². The molecule has 0 fully saturated rings. The normalized spacial score (nSPS) is 11.9. The number of hydrogen-bond acceptors (Lipinski definition) is 2. The lowest BCUT2D eigenvalue weighted by atomic mass is 9.97. The molecule has 2 rings (SSSR count). The third-order valence-electron chi connectivity index (χ3n) is 3.75. The fourth-order valence-corrected chi connectivity index (χ4v) is 2.22. The van der Waals surface area contributed by atoms with Crippen molar-refractivity contribution in [2.75, 3.05) is 0 Å². The van der Waals surface area contributed by atoms with Gasteiger partial charge in [-0.3, -0.25) is 4.98 Å². The Bertz CT molecular complexity index is 638. The van der Waals surface area contributed by atoms with Crippen molar-refractivity contribution in [2.24, 2.45) is 5.92 Å². The van der Waals surface area contributed by atoms with Crippen LogP contribution in [-0.2, 0) is 6.42 Å². The Morgan fingerprint density at radius 3 is 2.70 bits per heavy atom. The molecule has 0 aliphatic carbocycles. The van der Waals surface area contributed by atoms with Crippen LogP contribution in [0.25, 0.3) is 11.1 Å². The molecule has 20 heavy (non-hydrogen) atoms. The summed E-state index contributed by atoms with van der Waals surface area (Å²) in [5.74, 6) is 0.661. The van der Waals surface area contributed by atoms with E-state index in [2.05, 4.69) is 37.9 Å². The Balaban J connectivity index is 2.31. The van der Waals surface area contributed by atoms with Gasteiger partial charge in [0.2, 0.25) is 0 Å². The van der Waals surface area contributed by atoms with Crippen LogP contribution in [0.1, 0.15) is 37.1 Å². The highest BCUT2D eigenvalue weighted by molar-refractivity contribution is 5.65. The summed E-state index contributed by atoms with van der Waals surface area (Å²) >= 11 is 0. The Morgan fingerprint density at radius 2 is 2.05 bits per heavy atom. The maximum Gasteiger partial charge on any atom is 0.0991 e. The summed E-state index contributed by atoms with van der Waals surface area (Å²) in [4.78, 5) is 4.62. The molecule has 1 atom stereocenters. The van der Waals surface area contributed by atoms with Gasteiger partial charge in [-0.2, -0.15) is 5.26 Å². The van der Waals surface area contributed by atoms with E-state index in [-0.39, 0.29) is 0 Å². The fraction of sp³-hybridized carbons (Fsp3) is 0.333. The third-order valence-corrected chi connectivity index (χ3v) is 3.75. The third kappa shape index (κ3) is 3.24. The van der Waals surface area contributed by atoms with Crippen molar-refractivity contribution in [1.82, 2.24) is 4.98 Å². The van der Waals surface area contributed by atoms with E-state index in [1.54, 1.807) is 0 Å². The van der Waals surface area contributed by atoms with Gasteiger partial charge in [0.05, 0.1) is 11.6 Å². The van der Waals surface area contributed by atoms with Gasteiger partial charge in [0.1, 0.15) is 0 Å². The zero-order valence-electron chi connectivity index (χ0n) is 12.4. The molecule has 1 heterocycles. The molecule has 2 nitrogen and oxygen atoms in total. The molecule has 1 aromatic carbocycles. The van der Waals surface area contributed by atoms with Crippen LogP contribution in [0, 0.1) is 24.2 Å². The van der Waals surface area contributed by atoms with Gasteiger partial charge in [0, 0.05) is 17.5 Å². The van der Waals surface area contributed by atoms with Crippen LogP contribution in [0.15, 0.2) is 36.5 Å². The molecule has 0 aliphatic rings. The quantitative estimate of drug-likeness (QED) is 0.814. The van der Waals surface area contributed by atoms with Crippen LogP contribution < -0.4 is 0 Å². The summed E-state index contributed by atoms with van der Waals surface area (Å²) in [7, 11) is 0. The van der Waals surface area contributed by atoms with Crippen molar-refractivity contribution in [1.29, 1.82) is 5.26 Å². The highest BCUT2D eigenvalue weighted by Crippen LogP contribution is 2.23. The first-order chi connectivity index (χ1) is 9.63. The maximum absolute atomic E-state index is 8.97. The van der Waals surface area contributed by atoms with Crippen molar-refractivity contribution >= 4 is 0 Å². The summed E-state index contributed by atoms with van der Waals surface area (Å²) in [6, 6.07) is 12.0. The topological polar surface area (TPSA) is 36.7 Å². The first-order valence-corrected chi connectivity index (χ1v) is 7.10. The van der Waals surface area contributed by atoms with Crippen molar-refractivity contribution < 1.29 is 0 Å². The first-order valence-electron chi connectivity index (χ1n) is 7.10. The number of nitriles is 1. The van der Waals surface area contributed by atoms with Crippen LogP contribution in [0.4, 0.5) is 0 Å². The second kappa shape index (κ2) is 6.34. The minimum absolute atomic E-state index is 0.661. The number of aryl methyl sites for hydroxylation is 1. The van der Waals surface area contributed by atoms with E-state index in [4.69, 9.17) is 5.26 Å². The molecule has 1 unspecified atom stereocenters. The van der Waals surface area contributed by atoms with Crippen LogP contribution in [-0.4, -0.2) is 4.98 Å². The predicted molar refractivity (Wildman–Crippen MR) is 82.3 cm³/mol. The largest absolute Gasteiger partial charge is 0.260 e. The summed E-state index contributed by atoms with van der Waals surface area (Å²) in [6.07, 6.45) is 4.12. The van der Waals surface area contributed by atoms with Crippen LogP contribution >= 0.6 is 0 Å². The zero-order chi connectivity index (χ0) is 14.5. The van der Waals surface area contributed by atoms with Crippen molar-refractivity contribution in [2.45, 2.75) is 33.6 Å². The van der Waals surface area contributed by atoms with Crippen molar-refractivity contribution in [3.05, 3.63) is 53.3 Å². The molecule has 2 aromatic rings. The minimum atomic E-state index is 0.661. The average molecular weight is 264 g/mol. The van der Waals surface area contributed by atoms with E-state index in [1.807, 2.05) is 30.5 Å². The summed E-state index contributed by atoms with van der Waals surface area (Å²) < 4.78 is 0. The molecule has 0 saturated carbocycles. The van der Waals surface area contributed by atoms with Gasteiger partial charge >= 0.3 is 0 Å². The van der Waals surface area contributed by atoms with Gasteiger partial charge in [-0.05, 0) is 48.6 Å². The lowest BCUT2D eigenvalue weighted by molar-refractivity contribution is 0.551. The second-order valence-electron chi connectivity index (χ2n) is 5.40. The predicted octanol–water partition coefficient (Wildman–Crippen LogP) is 4.52. The molecular formula is C18H20N2. The van der Waals surface area contributed by atoms with Crippen molar-refractivity contribution in [3.8, 4) is 17.2 Å². The molecule has 0 spiro atoms. The van der Waals surface area contributed by atoms with Gasteiger partial charge in [-0.25, -0.2) is 0 Å². The van der Waals surface area contributed by atoms with Gasteiger partial charge in [-0.1, -0.05) is 32.4 Å². The highest BCUT2D eigenvalue weighted by Gasteiger charge is 2.07. The second-order valence-corrected chi connectivity index (χ2v) is 5.40. The summed E-state index contributed by atoms with van der Waals surface area (Å²) in [6.45, 7) is 6.58. The number of pyridine rings is 1. The molecule has 1 aromatic heterocycles. The van der Waals surface area contributed by atoms with Crippen LogP contribution in [0.2, 0.25) is 0 Å². The maximum atomic E-state index is 8.97. The number of nitrogens with zero attached hydrogens (tertiary/aromatic N) is 2. The van der Waals surface area contributed by atoms with Crippen LogP contribution in [0.5, 0.6) is 0 Å². The average Bonchev–Trinajstić information content (AvgIpc) is 2.49. The number of benzene rings is 1. The molecule has 0 radical (unpaired) electrons. The SMILES string of the molecule is CCC(C)Cc1ncc(-c2cccc(C#N)c2)cc1C. The Kier molecular flexibility index (Phi) is 4.53. The zero-order valence-corrected chi connectivity index (χ0v) is 12.4. The van der Waals surface area contributed by atoms with E-state index in [1.165, 1.54) is 17.7 Å². The fourth-order valence-electron chi connectivity index (χ4n) is 2.22. The van der Waals surface area contributed by atoms with Crippen LogP contribution in [0.3, 0.4) is 0 Å². The molecule has 0 N–H and O–H groups in total. The monoisotopic (exact) mass is 264 g/mol. The molecule has 2 heteroatoms. The Morgan fingerprint density at radius 1 is 1.25 bits per heavy atom. The van der Waals surface area contributed by atoms with E-state index in [0.29, 0.717) is 11.5 Å². The number of aromatic nitrogens is 1. The lowest BCUT2D eigenvalue weighted by Crippen LogP contribution is -2.02. The first kappa shape index (κ1) is 14.3. The lowest BCUT2D eigenvalue weighted by Gasteiger charge is -2.11. The van der Waals surface area contributed by atoms with E-state index in [9.17, 15) is 0 Å². The Hall–Kier alpha value is -2.14. The molecule has 0 saturated heterocycles. The summed E-state index contributed by atoms with van der Waals surface area (Å²) in [5.41, 5.74) is 5.22. The molecule has 102 valence electrons. The van der Waals surface area contributed by atoms with E-state index in [0.717, 1.165) is 17.5 Å². The van der Waals surface area contributed by atoms with E-state index >= 15 is 0 Å². The van der Waals surface area contributed by atoms with Gasteiger partial charge in [-0.15, -0.1) is 0 Å². The molecule has 0 aliphatic heterocycles. The molecular weight excluding hydrogens is 244 g/mol.